The zero-order valence-electron chi connectivity index (χ0n) is 18.1. The number of carbonyl (C=O) groups is 1. The monoisotopic (exact) mass is 387 g/mol. The van der Waals surface area contributed by atoms with E-state index in [1.165, 1.54) is 11.1 Å². The van der Waals surface area contributed by atoms with Crippen LogP contribution in [0.4, 0.5) is 0 Å². The molecular weight excluding hydrogens is 358 g/mol. The standard InChI is InChI=1S/C26H29NO2/c1-25(2,3)21-12-7-18(8-13-21)20-11-16-23(27-17-20)29-24(28)19-9-14-22(15-10-19)26(4,5)6/h7-17H,1-6H3. The van der Waals surface area contributed by atoms with Gasteiger partial charge in [0.25, 0.3) is 0 Å². The number of benzene rings is 2. The first kappa shape index (κ1) is 20.8. The maximum atomic E-state index is 12.4. The van der Waals surface area contributed by atoms with Gasteiger partial charge in [0.2, 0.25) is 5.88 Å². The highest BCUT2D eigenvalue weighted by atomic mass is 16.5. The Hall–Kier alpha value is -2.94. The molecule has 0 radical (unpaired) electrons. The Kier molecular flexibility index (Phi) is 5.61. The zero-order valence-corrected chi connectivity index (χ0v) is 18.1. The summed E-state index contributed by atoms with van der Waals surface area (Å²) in [5.74, 6) is -0.106. The Balaban J connectivity index is 1.69. The van der Waals surface area contributed by atoms with Crippen molar-refractivity contribution < 1.29 is 9.53 Å². The molecule has 1 heterocycles. The van der Waals surface area contributed by atoms with Crippen LogP contribution in [0.5, 0.6) is 5.88 Å². The average molecular weight is 388 g/mol. The molecule has 0 saturated carbocycles. The first-order valence-corrected chi connectivity index (χ1v) is 9.94. The molecule has 3 heteroatoms. The van der Waals surface area contributed by atoms with Crippen LogP contribution in [0.25, 0.3) is 11.1 Å². The van der Waals surface area contributed by atoms with Crippen molar-refractivity contribution in [2.24, 2.45) is 0 Å². The van der Waals surface area contributed by atoms with Crippen molar-refractivity contribution in [2.75, 3.05) is 0 Å². The Morgan fingerprint density at radius 3 is 1.62 bits per heavy atom. The van der Waals surface area contributed by atoms with Gasteiger partial charge in [0, 0.05) is 17.8 Å². The lowest BCUT2D eigenvalue weighted by molar-refractivity contribution is 0.0727. The molecule has 29 heavy (non-hydrogen) atoms. The minimum Gasteiger partial charge on any atom is -0.404 e. The van der Waals surface area contributed by atoms with Crippen LogP contribution in [0.3, 0.4) is 0 Å². The number of aromatic nitrogens is 1. The van der Waals surface area contributed by atoms with E-state index >= 15 is 0 Å². The van der Waals surface area contributed by atoms with Crippen molar-refractivity contribution >= 4 is 5.97 Å². The molecule has 0 bridgehead atoms. The van der Waals surface area contributed by atoms with Crippen LogP contribution in [0.2, 0.25) is 0 Å². The normalized spacial score (nSPS) is 11.9. The third kappa shape index (κ3) is 5.11. The number of ether oxygens (including phenoxy) is 1. The van der Waals surface area contributed by atoms with Crippen molar-refractivity contribution in [1.82, 2.24) is 4.98 Å². The summed E-state index contributed by atoms with van der Waals surface area (Å²) in [6.45, 7) is 13.0. The summed E-state index contributed by atoms with van der Waals surface area (Å²) in [5, 5.41) is 0. The van der Waals surface area contributed by atoms with Crippen molar-refractivity contribution in [2.45, 2.75) is 52.4 Å². The number of pyridine rings is 1. The van der Waals surface area contributed by atoms with E-state index in [0.717, 1.165) is 11.1 Å². The van der Waals surface area contributed by atoms with Crippen LogP contribution in [0.1, 0.15) is 63.0 Å². The fourth-order valence-corrected chi connectivity index (χ4v) is 3.03. The molecule has 0 N–H and O–H groups in total. The minimum absolute atomic E-state index is 0.0465. The van der Waals surface area contributed by atoms with Crippen molar-refractivity contribution in [3.63, 3.8) is 0 Å². The molecule has 0 saturated heterocycles. The second kappa shape index (κ2) is 7.82. The van der Waals surface area contributed by atoms with Gasteiger partial charge in [-0.25, -0.2) is 9.78 Å². The molecule has 0 unspecified atom stereocenters. The molecular formula is C26H29NO2. The van der Waals surface area contributed by atoms with Crippen LogP contribution in [-0.4, -0.2) is 11.0 Å². The van der Waals surface area contributed by atoms with Gasteiger partial charge < -0.3 is 4.74 Å². The lowest BCUT2D eigenvalue weighted by atomic mass is 9.86. The molecule has 1 aromatic heterocycles. The number of hydrogen-bond acceptors (Lipinski definition) is 3. The van der Waals surface area contributed by atoms with E-state index in [-0.39, 0.29) is 10.8 Å². The maximum absolute atomic E-state index is 12.4. The SMILES string of the molecule is CC(C)(C)c1ccc(C(=O)Oc2ccc(-c3ccc(C(C)(C)C)cc3)cn2)cc1. The maximum Gasteiger partial charge on any atom is 0.344 e. The molecule has 3 aromatic rings. The van der Waals surface area contributed by atoms with Gasteiger partial charge in [-0.2, -0.15) is 0 Å². The fourth-order valence-electron chi connectivity index (χ4n) is 3.03. The molecule has 150 valence electrons. The van der Waals surface area contributed by atoms with Crippen LogP contribution < -0.4 is 4.74 Å². The lowest BCUT2D eigenvalue weighted by Gasteiger charge is -2.19. The topological polar surface area (TPSA) is 39.2 Å². The predicted octanol–water partition coefficient (Wildman–Crippen LogP) is 6.56. The fraction of sp³-hybridized carbons (Fsp3) is 0.308. The molecule has 0 aliphatic heterocycles. The van der Waals surface area contributed by atoms with Crippen LogP contribution in [0, 0.1) is 0 Å². The second-order valence-corrected chi connectivity index (χ2v) is 9.43. The largest absolute Gasteiger partial charge is 0.404 e. The van der Waals surface area contributed by atoms with Crippen molar-refractivity contribution in [3.8, 4) is 17.0 Å². The number of rotatable bonds is 3. The Morgan fingerprint density at radius 1 is 0.690 bits per heavy atom. The molecule has 0 amide bonds. The molecule has 2 aromatic carbocycles. The molecule has 0 aliphatic carbocycles. The molecule has 0 atom stereocenters. The Bertz CT molecular complexity index is 971. The van der Waals surface area contributed by atoms with Gasteiger partial charge in [0.05, 0.1) is 5.56 Å². The molecule has 0 fully saturated rings. The van der Waals surface area contributed by atoms with Crippen molar-refractivity contribution in [1.29, 1.82) is 0 Å². The van der Waals surface area contributed by atoms with E-state index in [1.807, 2.05) is 18.2 Å². The van der Waals surface area contributed by atoms with E-state index < -0.39 is 5.97 Å². The number of nitrogens with zero attached hydrogens (tertiary/aromatic N) is 1. The van der Waals surface area contributed by atoms with E-state index in [0.29, 0.717) is 11.4 Å². The molecule has 3 nitrogen and oxygen atoms in total. The Labute approximate surface area is 173 Å². The average Bonchev–Trinajstić information content (AvgIpc) is 2.67. The van der Waals surface area contributed by atoms with Gasteiger partial charge in [-0.05, 0) is 45.7 Å². The van der Waals surface area contributed by atoms with Gasteiger partial charge in [-0.15, -0.1) is 0 Å². The summed E-state index contributed by atoms with van der Waals surface area (Å²) in [4.78, 5) is 16.7. The summed E-state index contributed by atoms with van der Waals surface area (Å²) >= 11 is 0. The van der Waals surface area contributed by atoms with E-state index in [2.05, 4.69) is 70.8 Å². The number of carbonyl (C=O) groups excluding carboxylic acids is 1. The highest BCUT2D eigenvalue weighted by molar-refractivity contribution is 5.90. The van der Waals surface area contributed by atoms with Gasteiger partial charge in [-0.3, -0.25) is 0 Å². The minimum atomic E-state index is -0.403. The Morgan fingerprint density at radius 2 is 1.17 bits per heavy atom. The molecule has 0 spiro atoms. The second-order valence-electron chi connectivity index (χ2n) is 9.43. The molecule has 0 aliphatic rings. The lowest BCUT2D eigenvalue weighted by Crippen LogP contribution is -2.13. The summed E-state index contributed by atoms with van der Waals surface area (Å²) in [6.07, 6.45) is 1.73. The summed E-state index contributed by atoms with van der Waals surface area (Å²) in [6, 6.07) is 19.7. The van der Waals surface area contributed by atoms with E-state index in [4.69, 9.17) is 4.74 Å². The highest BCUT2D eigenvalue weighted by Gasteiger charge is 2.16. The first-order chi connectivity index (χ1) is 13.5. The third-order valence-corrected chi connectivity index (χ3v) is 5.00. The quantitative estimate of drug-likeness (QED) is 0.478. The number of hydrogen-bond donors (Lipinski definition) is 0. The zero-order chi connectivity index (χ0) is 21.2. The predicted molar refractivity (Wildman–Crippen MR) is 118 cm³/mol. The third-order valence-electron chi connectivity index (χ3n) is 5.00. The van der Waals surface area contributed by atoms with E-state index in [9.17, 15) is 4.79 Å². The number of esters is 1. The summed E-state index contributed by atoms with van der Waals surface area (Å²) in [7, 11) is 0. The van der Waals surface area contributed by atoms with Gasteiger partial charge >= 0.3 is 5.97 Å². The summed E-state index contributed by atoms with van der Waals surface area (Å²) in [5.41, 5.74) is 5.22. The smallest absolute Gasteiger partial charge is 0.344 e. The molecule has 3 rings (SSSR count). The van der Waals surface area contributed by atoms with Gasteiger partial charge in [-0.1, -0.05) is 77.9 Å². The van der Waals surface area contributed by atoms with Gasteiger partial charge in [0.15, 0.2) is 0 Å². The van der Waals surface area contributed by atoms with Crippen LogP contribution in [0.15, 0.2) is 66.9 Å². The van der Waals surface area contributed by atoms with Crippen LogP contribution >= 0.6 is 0 Å². The highest BCUT2D eigenvalue weighted by Crippen LogP contribution is 2.27. The van der Waals surface area contributed by atoms with Crippen molar-refractivity contribution in [3.05, 3.63) is 83.6 Å². The van der Waals surface area contributed by atoms with E-state index in [1.54, 1.807) is 24.4 Å². The first-order valence-electron chi connectivity index (χ1n) is 9.94. The van der Waals surface area contributed by atoms with Crippen LogP contribution in [-0.2, 0) is 10.8 Å². The van der Waals surface area contributed by atoms with Gasteiger partial charge in [0.1, 0.15) is 0 Å². The summed E-state index contributed by atoms with van der Waals surface area (Å²) < 4.78 is 5.43.